The Hall–Kier alpha value is -2.49. The summed E-state index contributed by atoms with van der Waals surface area (Å²) in [5, 5.41) is 15.4. The number of halogens is 2. The van der Waals surface area contributed by atoms with Gasteiger partial charge in [0.1, 0.15) is 17.7 Å². The molecule has 0 amide bonds. The van der Waals surface area contributed by atoms with Gasteiger partial charge < -0.3 is 15.4 Å². The van der Waals surface area contributed by atoms with E-state index in [1.807, 2.05) is 11.0 Å². The van der Waals surface area contributed by atoms with Gasteiger partial charge in [-0.3, -0.25) is 15.1 Å². The molecule has 1 saturated heterocycles. The van der Waals surface area contributed by atoms with Crippen molar-refractivity contribution in [3.8, 4) is 5.75 Å². The molecule has 1 aliphatic rings. The van der Waals surface area contributed by atoms with Gasteiger partial charge in [0.05, 0.1) is 23.8 Å². The fraction of sp³-hybridized carbons (Fsp3) is 0.391. The highest BCUT2D eigenvalue weighted by Crippen LogP contribution is 2.26. The first-order valence-corrected chi connectivity index (χ1v) is 12.3. The highest BCUT2D eigenvalue weighted by Gasteiger charge is 2.23. The number of hydrogen-bond acceptors (Lipinski definition) is 5. The third-order valence-corrected chi connectivity index (χ3v) is 7.35. The Balaban J connectivity index is 0.00000289. The fourth-order valence-corrected chi connectivity index (χ4v) is 4.80. The van der Waals surface area contributed by atoms with Gasteiger partial charge in [-0.15, -0.1) is 24.8 Å². The Morgan fingerprint density at radius 1 is 1.12 bits per heavy atom. The first kappa shape index (κ1) is 29.5. The zero-order chi connectivity index (χ0) is 23.3. The van der Waals surface area contributed by atoms with Crippen LogP contribution in [0.5, 0.6) is 5.75 Å². The minimum Gasteiger partial charge on any atom is -0.490 e. The van der Waals surface area contributed by atoms with E-state index in [1.54, 1.807) is 56.3 Å². The second-order valence-electron chi connectivity index (χ2n) is 7.90. The van der Waals surface area contributed by atoms with E-state index in [-0.39, 0.29) is 49.1 Å². The molecule has 188 valence electrons. The molecule has 0 atom stereocenters. The van der Waals surface area contributed by atoms with E-state index in [0.717, 1.165) is 31.5 Å². The minimum atomic E-state index is -3.52. The van der Waals surface area contributed by atoms with Crippen molar-refractivity contribution in [3.63, 3.8) is 0 Å². The van der Waals surface area contributed by atoms with Crippen molar-refractivity contribution in [2.75, 3.05) is 23.1 Å². The first-order valence-electron chi connectivity index (χ1n) is 10.7. The molecule has 34 heavy (non-hydrogen) atoms. The van der Waals surface area contributed by atoms with Crippen molar-refractivity contribution in [1.29, 1.82) is 10.8 Å². The third-order valence-electron chi connectivity index (χ3n) is 5.61. The number of nitrogen functional groups attached to an aromatic ring is 1. The van der Waals surface area contributed by atoms with E-state index in [2.05, 4.69) is 0 Å². The van der Waals surface area contributed by atoms with Crippen LogP contribution in [0.15, 0.2) is 48.5 Å². The van der Waals surface area contributed by atoms with Crippen LogP contribution in [0.25, 0.3) is 0 Å². The van der Waals surface area contributed by atoms with Crippen LogP contribution in [-0.2, 0) is 16.6 Å². The normalized spacial score (nSPS) is 13.9. The Morgan fingerprint density at radius 2 is 1.74 bits per heavy atom. The van der Waals surface area contributed by atoms with Crippen LogP contribution >= 0.6 is 24.8 Å². The average Bonchev–Trinajstić information content (AvgIpc) is 2.78. The predicted molar refractivity (Wildman–Crippen MR) is 143 cm³/mol. The number of nitrogens with two attached hydrogens (primary N) is 1. The molecule has 0 radical (unpaired) electrons. The maximum atomic E-state index is 12.8. The van der Waals surface area contributed by atoms with Crippen molar-refractivity contribution in [2.45, 2.75) is 39.3 Å². The molecule has 0 aliphatic carbocycles. The molecular weight excluding hydrogens is 497 g/mol. The van der Waals surface area contributed by atoms with Crippen LogP contribution in [0, 0.1) is 10.8 Å². The summed E-state index contributed by atoms with van der Waals surface area (Å²) in [6, 6.07) is 14.2. The van der Waals surface area contributed by atoms with Crippen LogP contribution in [0.4, 0.5) is 5.69 Å². The first-order chi connectivity index (χ1) is 15.2. The van der Waals surface area contributed by atoms with E-state index in [9.17, 15) is 8.42 Å². The number of nitrogens with zero attached hydrogens (tertiary/aromatic N) is 2. The molecule has 0 aromatic heterocycles. The van der Waals surface area contributed by atoms with Crippen molar-refractivity contribution in [2.24, 2.45) is 5.73 Å². The zero-order valence-electron chi connectivity index (χ0n) is 19.4. The Kier molecular flexibility index (Phi) is 11.1. The molecule has 11 heteroatoms. The summed E-state index contributed by atoms with van der Waals surface area (Å²) in [5.41, 5.74) is 7.45. The number of nitrogens with one attached hydrogen (secondary N) is 2. The summed E-state index contributed by atoms with van der Waals surface area (Å²) in [6.45, 7) is 5.18. The lowest BCUT2D eigenvalue weighted by atomic mass is 10.1. The summed E-state index contributed by atoms with van der Waals surface area (Å²) in [5.74, 6) is 1.20. The van der Waals surface area contributed by atoms with E-state index in [1.165, 1.54) is 4.31 Å². The molecule has 0 saturated carbocycles. The summed E-state index contributed by atoms with van der Waals surface area (Å²) < 4.78 is 33.1. The van der Waals surface area contributed by atoms with Crippen molar-refractivity contribution in [3.05, 3.63) is 59.7 Å². The molecule has 0 unspecified atom stereocenters. The number of ether oxygens (including phenoxy) is 1. The zero-order valence-corrected chi connectivity index (χ0v) is 21.8. The Labute approximate surface area is 214 Å². The number of likely N-dealkylation sites (tertiary alicyclic amines) is 1. The Bertz CT molecular complexity index is 1070. The van der Waals surface area contributed by atoms with Gasteiger partial charge in [0, 0.05) is 31.5 Å². The van der Waals surface area contributed by atoms with Gasteiger partial charge in [0.25, 0.3) is 0 Å². The largest absolute Gasteiger partial charge is 0.490 e. The molecular formula is C23H33Cl2N5O3S. The molecule has 2 aromatic carbocycles. The molecule has 1 aliphatic heterocycles. The smallest absolute Gasteiger partial charge is 0.235 e. The maximum absolute atomic E-state index is 12.8. The van der Waals surface area contributed by atoms with Crippen LogP contribution in [0.2, 0.25) is 0 Å². The number of rotatable bonds is 8. The van der Waals surface area contributed by atoms with Gasteiger partial charge in [0.15, 0.2) is 0 Å². The monoisotopic (exact) mass is 529 g/mol. The third kappa shape index (κ3) is 7.51. The van der Waals surface area contributed by atoms with Gasteiger partial charge in [-0.25, -0.2) is 8.42 Å². The summed E-state index contributed by atoms with van der Waals surface area (Å²) >= 11 is 0. The quantitative estimate of drug-likeness (QED) is 0.352. The lowest BCUT2D eigenvalue weighted by Crippen LogP contribution is -2.40. The van der Waals surface area contributed by atoms with Gasteiger partial charge >= 0.3 is 0 Å². The van der Waals surface area contributed by atoms with E-state index in [0.29, 0.717) is 22.8 Å². The fourth-order valence-electron chi connectivity index (χ4n) is 3.70. The maximum Gasteiger partial charge on any atom is 0.235 e. The van der Waals surface area contributed by atoms with Crippen molar-refractivity contribution >= 4 is 52.2 Å². The van der Waals surface area contributed by atoms with Gasteiger partial charge in [-0.1, -0.05) is 18.2 Å². The average molecular weight is 531 g/mol. The predicted octanol–water partition coefficient (Wildman–Crippen LogP) is 4.01. The summed E-state index contributed by atoms with van der Waals surface area (Å²) in [4.78, 5) is 2.04. The highest BCUT2D eigenvalue weighted by atomic mass is 35.5. The lowest BCUT2D eigenvalue weighted by molar-refractivity contribution is 0.130. The number of anilines is 1. The van der Waals surface area contributed by atoms with Crippen LogP contribution in [0.3, 0.4) is 0 Å². The molecule has 8 nitrogen and oxygen atoms in total. The van der Waals surface area contributed by atoms with E-state index < -0.39 is 10.0 Å². The van der Waals surface area contributed by atoms with Crippen molar-refractivity contribution in [1.82, 2.24) is 4.90 Å². The van der Waals surface area contributed by atoms with Crippen LogP contribution in [0.1, 0.15) is 37.8 Å². The van der Waals surface area contributed by atoms with E-state index >= 15 is 0 Å². The second kappa shape index (κ2) is 12.8. The van der Waals surface area contributed by atoms with Gasteiger partial charge in [-0.2, -0.15) is 0 Å². The molecule has 0 bridgehead atoms. The molecule has 1 heterocycles. The lowest BCUT2D eigenvalue weighted by Gasteiger charge is -2.33. The topological polar surface area (TPSA) is 124 Å². The summed E-state index contributed by atoms with van der Waals surface area (Å²) in [6.07, 6.45) is 1.78. The summed E-state index contributed by atoms with van der Waals surface area (Å²) in [7, 11) is -3.52. The molecule has 1 fully saturated rings. The molecule has 0 spiro atoms. The van der Waals surface area contributed by atoms with Gasteiger partial charge in [-0.05, 0) is 49.7 Å². The number of sulfonamides is 1. The SMILES string of the molecule is CCS(=O)(=O)N(Cc1cccc(C(=N)N)c1)c1ccc(OC2CCN(C(C)=N)CC2)cc1.Cl.Cl. The molecule has 2 aromatic rings. The standard InChI is InChI=1S/C23H31N5O3S.2ClH/c1-3-32(29,30)28(16-18-5-4-6-19(15-18)23(25)26)20-7-9-21(10-8-20)31-22-11-13-27(14-12-22)17(2)24;;/h4-10,15,22,24H,3,11-14,16H2,1-2H3,(H3,25,26);2*1H. The molecule has 4 N–H and O–H groups in total. The second-order valence-corrected chi connectivity index (χ2v) is 10.1. The highest BCUT2D eigenvalue weighted by molar-refractivity contribution is 7.92. The number of benzene rings is 2. The van der Waals surface area contributed by atoms with Crippen LogP contribution < -0.4 is 14.8 Å². The minimum absolute atomic E-state index is 0. The van der Waals surface area contributed by atoms with Gasteiger partial charge in [0.2, 0.25) is 10.0 Å². The number of hydrogen-bond donors (Lipinski definition) is 3. The van der Waals surface area contributed by atoms with Crippen LogP contribution in [-0.4, -0.2) is 49.9 Å². The molecule has 3 rings (SSSR count). The number of amidine groups is 2. The van der Waals surface area contributed by atoms with Crippen molar-refractivity contribution < 1.29 is 13.2 Å². The Morgan fingerprint density at radius 3 is 2.26 bits per heavy atom. The van der Waals surface area contributed by atoms with E-state index in [4.69, 9.17) is 21.3 Å². The number of piperidine rings is 1.